The molecule has 0 aromatic heterocycles. The molecule has 1 saturated carbocycles. The third-order valence-corrected chi connectivity index (χ3v) is 10.1. The average Bonchev–Trinajstić information content (AvgIpc) is 3.27. The number of rotatable bonds is 13. The van der Waals surface area contributed by atoms with Crippen LogP contribution in [0.4, 0.5) is 9.59 Å². The summed E-state index contributed by atoms with van der Waals surface area (Å²) in [6.07, 6.45) is 2.24. The van der Waals surface area contributed by atoms with E-state index in [0.29, 0.717) is 13.0 Å². The zero-order valence-corrected chi connectivity index (χ0v) is 30.2. The van der Waals surface area contributed by atoms with E-state index >= 15 is 0 Å². The Morgan fingerprint density at radius 1 is 1.06 bits per heavy atom. The maximum atomic E-state index is 14.4. The first-order chi connectivity index (χ1) is 22.1. The van der Waals surface area contributed by atoms with E-state index in [0.717, 1.165) is 4.90 Å². The molecule has 3 aliphatic rings. The molecular formula is C34H55N7O7. The fourth-order valence-corrected chi connectivity index (χ4v) is 7.01. The van der Waals surface area contributed by atoms with E-state index in [1.807, 2.05) is 62.3 Å². The SMILES string of the molecule is C=CCNC(=O)C(=O)C(CCC)NC(=O)[C@@H]1[C@@H]2[C@H](CN1C(=O)[C@@H](NC(=O)N(C)[C@H](CN1C(=O)CNC1=O)C(C)(C)C)C(C)(C)C)C2(C)C. The fourth-order valence-electron chi connectivity index (χ4n) is 7.01. The molecule has 2 saturated heterocycles. The van der Waals surface area contributed by atoms with Gasteiger partial charge < -0.3 is 31.1 Å². The monoisotopic (exact) mass is 673 g/mol. The number of hydrogen-bond acceptors (Lipinski definition) is 7. The molecule has 268 valence electrons. The summed E-state index contributed by atoms with van der Waals surface area (Å²) in [5.74, 6) is -3.04. The number of nitrogens with one attached hydrogen (secondary N) is 4. The van der Waals surface area contributed by atoms with Crippen LogP contribution >= 0.6 is 0 Å². The summed E-state index contributed by atoms with van der Waals surface area (Å²) in [5.41, 5.74) is -1.54. The van der Waals surface area contributed by atoms with Crippen LogP contribution in [0.2, 0.25) is 0 Å². The van der Waals surface area contributed by atoms with E-state index in [-0.39, 0.29) is 49.2 Å². The summed E-state index contributed by atoms with van der Waals surface area (Å²) in [5, 5.41) is 10.6. The van der Waals surface area contributed by atoms with Gasteiger partial charge in [0.15, 0.2) is 0 Å². The third-order valence-electron chi connectivity index (χ3n) is 10.1. The summed E-state index contributed by atoms with van der Waals surface area (Å²) in [6.45, 7) is 20.9. The van der Waals surface area contributed by atoms with Crippen molar-refractivity contribution in [3.05, 3.63) is 12.7 Å². The lowest BCUT2D eigenvalue weighted by atomic mass is 9.84. The van der Waals surface area contributed by atoms with Crippen LogP contribution in [0.5, 0.6) is 0 Å². The van der Waals surface area contributed by atoms with Gasteiger partial charge in [0.2, 0.25) is 23.5 Å². The Kier molecular flexibility index (Phi) is 11.4. The van der Waals surface area contributed by atoms with Crippen molar-refractivity contribution >= 4 is 41.5 Å². The molecule has 14 nitrogen and oxygen atoms in total. The predicted molar refractivity (Wildman–Crippen MR) is 179 cm³/mol. The number of imide groups is 1. The number of carbonyl (C=O) groups is 7. The fraction of sp³-hybridized carbons (Fsp3) is 0.735. The lowest BCUT2D eigenvalue weighted by Gasteiger charge is -2.42. The quantitative estimate of drug-likeness (QED) is 0.131. The standard InChI is InChI=1S/C34H55N7O7/c1-12-14-20(25(43)28(45)35-15-13-2)37-27(44)24-23-19(34(23,9)10)17-41(24)29(46)26(33(6,7)8)38-31(48)39(11)21(32(3,4)5)18-40-22(42)16-36-30(40)47/h13,19-21,23-24,26H,2,12,14-18H2,1,3-11H3,(H,35,45)(H,36,47)(H,37,44)(H,38,48)/t19-,20?,21+,23-,24-,26+/m0/s1. The second kappa shape index (κ2) is 14.3. The Morgan fingerprint density at radius 3 is 2.19 bits per heavy atom. The van der Waals surface area contributed by atoms with Crippen molar-refractivity contribution in [3.8, 4) is 0 Å². The topological polar surface area (TPSA) is 177 Å². The Bertz CT molecular complexity index is 1320. The average molecular weight is 674 g/mol. The van der Waals surface area contributed by atoms with Crippen LogP contribution in [-0.4, -0.2) is 114 Å². The first-order valence-corrected chi connectivity index (χ1v) is 16.7. The van der Waals surface area contributed by atoms with Gasteiger partial charge in [-0.3, -0.25) is 28.9 Å². The van der Waals surface area contributed by atoms with Crippen molar-refractivity contribution in [2.45, 2.75) is 99.3 Å². The van der Waals surface area contributed by atoms with E-state index in [2.05, 4.69) is 27.8 Å². The highest BCUT2D eigenvalue weighted by molar-refractivity contribution is 6.38. The van der Waals surface area contributed by atoms with Crippen LogP contribution in [0, 0.1) is 28.1 Å². The number of fused-ring (bicyclic) bond motifs is 1. The zero-order valence-electron chi connectivity index (χ0n) is 30.2. The maximum absolute atomic E-state index is 14.4. The molecule has 3 fully saturated rings. The van der Waals surface area contributed by atoms with E-state index in [1.165, 1.54) is 15.9 Å². The zero-order chi connectivity index (χ0) is 36.5. The maximum Gasteiger partial charge on any atom is 0.324 e. The minimum Gasteiger partial charge on any atom is -0.346 e. The van der Waals surface area contributed by atoms with Crippen LogP contribution in [0.3, 0.4) is 0 Å². The van der Waals surface area contributed by atoms with Gasteiger partial charge >= 0.3 is 12.1 Å². The molecule has 0 aromatic rings. The van der Waals surface area contributed by atoms with Gasteiger partial charge in [0, 0.05) is 20.1 Å². The Balaban J connectivity index is 1.86. The highest BCUT2D eigenvalue weighted by Gasteiger charge is 2.70. The molecule has 8 amide bonds. The largest absolute Gasteiger partial charge is 0.346 e. The number of likely N-dealkylation sites (tertiary alicyclic amines) is 1. The Hall–Kier alpha value is -3.97. The number of likely N-dealkylation sites (N-methyl/N-ethyl adjacent to an activating group) is 1. The second-order valence-corrected chi connectivity index (χ2v) is 16.0. The van der Waals surface area contributed by atoms with Crippen LogP contribution in [0.1, 0.15) is 75.2 Å². The molecule has 2 aliphatic heterocycles. The van der Waals surface area contributed by atoms with Crippen molar-refractivity contribution in [2.75, 3.05) is 33.2 Å². The van der Waals surface area contributed by atoms with Gasteiger partial charge in [0.05, 0.1) is 25.2 Å². The summed E-state index contributed by atoms with van der Waals surface area (Å²) in [7, 11) is 1.56. The predicted octanol–water partition coefficient (Wildman–Crippen LogP) is 1.65. The van der Waals surface area contributed by atoms with E-state index < -0.39 is 70.6 Å². The number of urea groups is 2. The molecule has 3 rings (SSSR count). The summed E-state index contributed by atoms with van der Waals surface area (Å²) in [4.78, 5) is 96.3. The van der Waals surface area contributed by atoms with E-state index in [4.69, 9.17) is 0 Å². The molecule has 0 radical (unpaired) electrons. The van der Waals surface area contributed by atoms with Crippen LogP contribution in [0.15, 0.2) is 12.7 Å². The summed E-state index contributed by atoms with van der Waals surface area (Å²) >= 11 is 0. The van der Waals surface area contributed by atoms with Gasteiger partial charge in [-0.25, -0.2) is 9.59 Å². The number of ketones is 1. The van der Waals surface area contributed by atoms with Crippen LogP contribution < -0.4 is 21.3 Å². The second-order valence-electron chi connectivity index (χ2n) is 16.0. The number of carbonyl (C=O) groups excluding carboxylic acids is 7. The Labute approximate surface area is 284 Å². The summed E-state index contributed by atoms with van der Waals surface area (Å²) < 4.78 is 0. The molecule has 2 heterocycles. The van der Waals surface area contributed by atoms with Crippen molar-refractivity contribution in [1.29, 1.82) is 0 Å². The van der Waals surface area contributed by atoms with Crippen molar-refractivity contribution < 1.29 is 33.6 Å². The molecule has 14 heteroatoms. The van der Waals surface area contributed by atoms with Crippen LogP contribution in [-0.2, 0) is 24.0 Å². The minimum atomic E-state index is -1.06. The Morgan fingerprint density at radius 2 is 1.69 bits per heavy atom. The highest BCUT2D eigenvalue weighted by Crippen LogP contribution is 2.65. The lowest BCUT2D eigenvalue weighted by molar-refractivity contribution is -0.145. The number of Topliss-reactive ketones (excluding diaryl/α,β-unsaturated/α-hetero) is 1. The molecule has 6 atom stereocenters. The number of nitrogens with zero attached hydrogens (tertiary/aromatic N) is 3. The van der Waals surface area contributed by atoms with Gasteiger partial charge in [-0.1, -0.05) is 74.8 Å². The normalized spacial score (nSPS) is 23.3. The van der Waals surface area contributed by atoms with Gasteiger partial charge in [-0.15, -0.1) is 6.58 Å². The highest BCUT2D eigenvalue weighted by atomic mass is 16.2. The third kappa shape index (κ3) is 8.00. The van der Waals surface area contributed by atoms with Gasteiger partial charge in [-0.05, 0) is 34.5 Å². The number of amides is 8. The first kappa shape index (κ1) is 38.5. The van der Waals surface area contributed by atoms with Crippen molar-refractivity contribution in [1.82, 2.24) is 36.0 Å². The molecule has 0 bridgehead atoms. The summed E-state index contributed by atoms with van der Waals surface area (Å²) in [6, 6.07) is -4.68. The van der Waals surface area contributed by atoms with Crippen molar-refractivity contribution in [2.24, 2.45) is 28.1 Å². The molecule has 1 unspecified atom stereocenters. The molecule has 48 heavy (non-hydrogen) atoms. The van der Waals surface area contributed by atoms with Crippen LogP contribution in [0.25, 0.3) is 0 Å². The number of hydrogen-bond donors (Lipinski definition) is 4. The minimum absolute atomic E-state index is 0.0255. The van der Waals surface area contributed by atoms with Gasteiger partial charge in [0.1, 0.15) is 12.1 Å². The molecule has 4 N–H and O–H groups in total. The van der Waals surface area contributed by atoms with Gasteiger partial charge in [-0.2, -0.15) is 0 Å². The molecular weight excluding hydrogens is 618 g/mol. The molecule has 0 spiro atoms. The molecule has 0 aromatic carbocycles. The molecule has 1 aliphatic carbocycles. The van der Waals surface area contributed by atoms with E-state index in [9.17, 15) is 33.6 Å². The number of piperidine rings is 1. The van der Waals surface area contributed by atoms with Crippen molar-refractivity contribution in [3.63, 3.8) is 0 Å². The first-order valence-electron chi connectivity index (χ1n) is 16.7. The van der Waals surface area contributed by atoms with Gasteiger partial charge in [0.25, 0.3) is 5.91 Å². The lowest BCUT2D eigenvalue weighted by Crippen LogP contribution is -2.63. The van der Waals surface area contributed by atoms with E-state index in [1.54, 1.807) is 7.05 Å². The smallest absolute Gasteiger partial charge is 0.324 e.